The van der Waals surface area contributed by atoms with Gasteiger partial charge in [0.1, 0.15) is 0 Å². The first kappa shape index (κ1) is 36.6. The summed E-state index contributed by atoms with van der Waals surface area (Å²) in [6.07, 6.45) is 0. The second kappa shape index (κ2) is 20.8. The maximum absolute atomic E-state index is 10.3. The molecule has 0 atom stereocenters. The number of hydrogen-bond acceptors (Lipinski definition) is 4. The smallest absolute Gasteiger partial charge is 0.225 e. The summed E-state index contributed by atoms with van der Waals surface area (Å²) in [6.45, 7) is 5.17. The Morgan fingerprint density at radius 2 is 1.00 bits per heavy atom. The molecule has 0 aromatic heterocycles. The normalized spacial score (nSPS) is 6.37. The van der Waals surface area contributed by atoms with E-state index in [2.05, 4.69) is 5.32 Å². The molecule has 0 aliphatic rings. The van der Waals surface area contributed by atoms with Crippen LogP contribution in [0.3, 0.4) is 0 Å². The summed E-state index contributed by atoms with van der Waals surface area (Å²) in [7, 11) is 1.45. The Morgan fingerprint density at radius 3 is 1.00 bits per heavy atom. The molecule has 0 heterocycles. The summed E-state index contributed by atoms with van der Waals surface area (Å²) < 4.78 is 0. The molecule has 0 fully saturated rings. The molecule has 19 heavy (non-hydrogen) atoms. The van der Waals surface area contributed by atoms with E-state index in [1.165, 1.54) is 34.7 Å². The Hall–Kier alpha value is 0.488. The zero-order valence-electron chi connectivity index (χ0n) is 11.7. The van der Waals surface area contributed by atoms with Crippen molar-refractivity contribution in [2.45, 2.75) is 35.1 Å². The Labute approximate surface area is 166 Å². The van der Waals surface area contributed by atoms with Crippen LogP contribution in [0.5, 0.6) is 0 Å². The van der Waals surface area contributed by atoms with Gasteiger partial charge in [0, 0.05) is 86.3 Å². The average molecular weight is 424 g/mol. The van der Waals surface area contributed by atoms with Gasteiger partial charge in [0.15, 0.2) is 0 Å². The molecule has 0 aliphatic heterocycles. The number of hydrogen-bond donors (Lipinski definition) is 0. The summed E-state index contributed by atoms with van der Waals surface area (Å²) in [4.78, 5) is 41.4. The molecule has 6 nitrogen and oxygen atoms in total. The predicted molar refractivity (Wildman–Crippen MR) is 67.0 cm³/mol. The third-order valence-corrected chi connectivity index (χ3v) is 1.26. The van der Waals surface area contributed by atoms with Gasteiger partial charge in [-0.2, -0.15) is 0 Å². The average Bonchev–Trinajstić information content (AvgIpc) is 2.00. The van der Waals surface area contributed by atoms with E-state index in [9.17, 15) is 19.2 Å². The fourth-order valence-electron chi connectivity index (χ4n) is 0.443. The first-order valence-electron chi connectivity index (χ1n) is 4.16. The molecule has 0 aromatic rings. The Balaban J connectivity index is -0.0000000369. The van der Waals surface area contributed by atoms with Crippen LogP contribution in [0.4, 0.5) is 0 Å². The van der Waals surface area contributed by atoms with Crippen LogP contribution in [0, 0.1) is 7.43 Å². The van der Waals surface area contributed by atoms with Gasteiger partial charge in [0.25, 0.3) is 0 Å². The van der Waals surface area contributed by atoms with Gasteiger partial charge < -0.3 is 22.3 Å². The van der Waals surface area contributed by atoms with Crippen LogP contribution in [-0.4, -0.2) is 35.6 Å². The molecule has 0 aromatic carbocycles. The van der Waals surface area contributed by atoms with E-state index in [0.717, 1.165) is 4.90 Å². The minimum atomic E-state index is -0.437. The number of amides is 4. The van der Waals surface area contributed by atoms with Crippen molar-refractivity contribution >= 4 is 23.6 Å². The van der Waals surface area contributed by atoms with Gasteiger partial charge >= 0.3 is 0 Å². The van der Waals surface area contributed by atoms with E-state index in [1.54, 1.807) is 0 Å². The maximum atomic E-state index is 10.3. The first-order chi connectivity index (χ1) is 6.68. The van der Waals surface area contributed by atoms with Crippen molar-refractivity contribution in [1.29, 1.82) is 0 Å². The number of nitrogens with zero attached hydrogens (tertiary/aromatic N) is 2. The summed E-state index contributed by atoms with van der Waals surface area (Å²) in [5.74, 6) is -1.32. The number of rotatable bonds is 0. The van der Waals surface area contributed by atoms with Crippen LogP contribution in [0.25, 0.3) is 5.32 Å². The molecule has 0 unspecified atom stereocenters. The molecule has 4 amide bonds. The van der Waals surface area contributed by atoms with Gasteiger partial charge in [-0.3, -0.25) is 14.5 Å². The van der Waals surface area contributed by atoms with Gasteiger partial charge in [-0.05, 0) is 13.8 Å². The predicted octanol–water partition coefficient (Wildman–Crippen LogP) is 1.55. The van der Waals surface area contributed by atoms with Crippen LogP contribution < -0.4 is 0 Å². The molecule has 0 saturated carbocycles. The minimum Gasteiger partial charge on any atom is -0.596 e. The molecule has 0 aliphatic carbocycles. The van der Waals surface area contributed by atoms with Crippen molar-refractivity contribution in [3.05, 3.63) is 12.7 Å². The monoisotopic (exact) mass is 424 g/mol. The second-order valence-electron chi connectivity index (χ2n) is 2.75. The molecular weight excluding hydrogens is 402 g/mol. The molecular formula is C11H22N2O4Y2-2. The molecule has 0 bridgehead atoms. The summed E-state index contributed by atoms with van der Waals surface area (Å²) in [5, 5.41) is 3.00. The van der Waals surface area contributed by atoms with Crippen molar-refractivity contribution in [3.63, 3.8) is 0 Å². The van der Waals surface area contributed by atoms with E-state index in [1.807, 2.05) is 0 Å². The number of imide groups is 2. The standard InChI is InChI=1S/C5H9NO2.C4H7NO2.CH4.CH3.2Y/c1-4(7)6(3)5(2)8;1-3(6)5-4(2)7;;;;/h1-3H3;1-2H3,(H,5,6,7);1H4;1H3;;/q;;;-1;;/p-1. The Morgan fingerprint density at radius 1 is 0.789 bits per heavy atom. The summed E-state index contributed by atoms with van der Waals surface area (Å²) in [5.41, 5.74) is 0. The van der Waals surface area contributed by atoms with Crippen LogP contribution >= 0.6 is 0 Å². The van der Waals surface area contributed by atoms with Crippen molar-refractivity contribution in [3.8, 4) is 0 Å². The molecule has 8 heteroatoms. The summed E-state index contributed by atoms with van der Waals surface area (Å²) >= 11 is 0. The van der Waals surface area contributed by atoms with E-state index in [0.29, 0.717) is 0 Å². The molecule has 108 valence electrons. The van der Waals surface area contributed by atoms with E-state index in [-0.39, 0.29) is 92.1 Å². The van der Waals surface area contributed by atoms with Crippen LogP contribution in [0.1, 0.15) is 35.1 Å². The van der Waals surface area contributed by atoms with Crippen molar-refractivity contribution in [2.24, 2.45) is 0 Å². The van der Waals surface area contributed by atoms with Gasteiger partial charge in [-0.15, -0.1) is 0 Å². The zero-order chi connectivity index (χ0) is 12.6. The molecule has 0 saturated heterocycles. The van der Waals surface area contributed by atoms with E-state index < -0.39 is 11.8 Å². The minimum absolute atomic E-state index is 0. The van der Waals surface area contributed by atoms with Crippen LogP contribution in [0.15, 0.2) is 0 Å². The molecule has 2 radical (unpaired) electrons. The Kier molecular flexibility index (Phi) is 40.1. The van der Waals surface area contributed by atoms with Gasteiger partial charge in [-0.25, -0.2) is 0 Å². The third-order valence-electron chi connectivity index (χ3n) is 1.26. The molecule has 0 N–H and O–H groups in total. The largest absolute Gasteiger partial charge is 0.596 e. The maximum Gasteiger partial charge on any atom is 0.225 e. The Bertz CT molecular complexity index is 258. The number of carbonyl (C=O) groups is 4. The van der Waals surface area contributed by atoms with E-state index in [4.69, 9.17) is 0 Å². The fraction of sp³-hybridized carbons (Fsp3) is 0.545. The fourth-order valence-corrected chi connectivity index (χ4v) is 0.443. The topological polar surface area (TPSA) is 85.6 Å². The van der Waals surface area contributed by atoms with Crippen LogP contribution in [-0.2, 0) is 84.6 Å². The number of carbonyl (C=O) groups excluding carboxylic acids is 4. The van der Waals surface area contributed by atoms with Crippen LogP contribution in [0.2, 0.25) is 0 Å². The molecule has 0 rings (SSSR count). The quantitative estimate of drug-likeness (QED) is 0.553. The molecule has 0 spiro atoms. The van der Waals surface area contributed by atoms with Crippen molar-refractivity contribution in [1.82, 2.24) is 4.90 Å². The SMILES string of the molecule is C.CC(=O)N(C)C(C)=O.CC(=O)[N-]C(C)=O.[CH3-].[Y].[Y]. The van der Waals surface area contributed by atoms with E-state index >= 15 is 0 Å². The zero-order valence-corrected chi connectivity index (χ0v) is 17.4. The van der Waals surface area contributed by atoms with Crippen molar-refractivity contribution < 1.29 is 84.6 Å². The van der Waals surface area contributed by atoms with Gasteiger partial charge in [0.05, 0.1) is 11.8 Å². The first-order valence-corrected chi connectivity index (χ1v) is 4.16. The second-order valence-corrected chi connectivity index (χ2v) is 2.75. The summed E-state index contributed by atoms with van der Waals surface area (Å²) in [6, 6.07) is 0. The van der Waals surface area contributed by atoms with Gasteiger partial charge in [0.2, 0.25) is 11.8 Å². The van der Waals surface area contributed by atoms with Crippen molar-refractivity contribution in [2.75, 3.05) is 7.05 Å². The third kappa shape index (κ3) is 32.2. The van der Waals surface area contributed by atoms with Gasteiger partial charge in [-0.1, -0.05) is 7.43 Å².